The van der Waals surface area contributed by atoms with E-state index in [0.717, 1.165) is 26.6 Å². The Labute approximate surface area is 213 Å². The van der Waals surface area contributed by atoms with Crippen LogP contribution in [0.15, 0.2) is 41.9 Å². The summed E-state index contributed by atoms with van der Waals surface area (Å²) < 4.78 is -0.756. The monoisotopic (exact) mass is 533 g/mol. The lowest BCUT2D eigenvalue weighted by Gasteiger charge is -2.51. The van der Waals surface area contributed by atoms with Gasteiger partial charge in [-0.1, -0.05) is 31.2 Å². The minimum atomic E-state index is -1.76. The van der Waals surface area contributed by atoms with Crippen molar-refractivity contribution >= 4 is 47.5 Å². The number of nitrogens with one attached hydrogen (secondary N) is 1. The lowest BCUT2D eigenvalue weighted by atomic mass is 9.91. The Morgan fingerprint density at radius 1 is 1.28 bits per heavy atom. The van der Waals surface area contributed by atoms with Crippen LogP contribution in [0.2, 0.25) is 0 Å². The first-order valence-electron chi connectivity index (χ1n) is 10.9. The van der Waals surface area contributed by atoms with Gasteiger partial charge in [-0.05, 0) is 22.8 Å². The Morgan fingerprint density at radius 3 is 2.58 bits per heavy atom. The highest BCUT2D eigenvalue weighted by Gasteiger charge is 2.58. The summed E-state index contributed by atoms with van der Waals surface area (Å²) in [5.74, 6) is -3.74. The molecule has 1 aromatic carbocycles. The molecule has 0 saturated carbocycles. The summed E-state index contributed by atoms with van der Waals surface area (Å²) in [6, 6.07) is 6.26. The van der Waals surface area contributed by atoms with Gasteiger partial charge in [-0.3, -0.25) is 19.3 Å². The van der Waals surface area contributed by atoms with Crippen molar-refractivity contribution in [3.05, 3.63) is 53.0 Å². The first-order chi connectivity index (χ1) is 17.2. The molecule has 3 heterocycles. The number of hydrogen-bond donors (Lipinski definition) is 4. The zero-order valence-corrected chi connectivity index (χ0v) is 20.7. The van der Waals surface area contributed by atoms with Crippen molar-refractivity contribution in [2.45, 2.75) is 42.5 Å². The lowest BCUT2D eigenvalue weighted by molar-refractivity contribution is -0.151. The minimum Gasteiger partial charge on any atom is -0.480 e. The second-order valence-corrected chi connectivity index (χ2v) is 10.3. The zero-order valence-electron chi connectivity index (χ0n) is 19.0. The number of carbonyl (C=O) groups excluding carboxylic acids is 2. The van der Waals surface area contributed by atoms with Crippen LogP contribution < -0.4 is 11.1 Å². The highest BCUT2D eigenvalue weighted by atomic mass is 32.2. The number of benzene rings is 1. The summed E-state index contributed by atoms with van der Waals surface area (Å²) in [6.45, 7) is 1.86. The molecule has 1 fully saturated rings. The fraction of sp³-hybridized carbons (Fsp3) is 0.381. The molecule has 1 aromatic heterocycles. The fourth-order valence-electron chi connectivity index (χ4n) is 4.25. The van der Waals surface area contributed by atoms with E-state index in [4.69, 9.17) is 5.73 Å². The first-order valence-corrected chi connectivity index (χ1v) is 12.7. The normalized spacial score (nSPS) is 20.8. The molecule has 13 nitrogen and oxygen atoms in total. The number of carbonyl (C=O) groups is 4. The van der Waals surface area contributed by atoms with E-state index in [9.17, 15) is 29.4 Å². The molecule has 4 rings (SSSR count). The van der Waals surface area contributed by atoms with E-state index in [0.29, 0.717) is 11.9 Å². The molecule has 2 unspecified atom stereocenters. The van der Waals surface area contributed by atoms with Gasteiger partial charge in [-0.25, -0.2) is 4.79 Å². The number of nitrogens with two attached hydrogens (primary N) is 1. The van der Waals surface area contributed by atoms with Crippen molar-refractivity contribution in [3.8, 4) is 0 Å². The van der Waals surface area contributed by atoms with Gasteiger partial charge in [0.25, 0.3) is 5.91 Å². The zero-order chi connectivity index (χ0) is 26.0. The molecule has 5 N–H and O–H groups in total. The van der Waals surface area contributed by atoms with E-state index < -0.39 is 45.6 Å². The second-order valence-electron chi connectivity index (χ2n) is 8.00. The number of aromatic nitrogens is 4. The third-order valence-corrected chi connectivity index (χ3v) is 8.71. The van der Waals surface area contributed by atoms with Gasteiger partial charge in [0.05, 0.1) is 6.42 Å². The Balaban J connectivity index is 1.59. The van der Waals surface area contributed by atoms with Gasteiger partial charge in [0.15, 0.2) is 11.1 Å². The molecule has 2 amide bonds. The quantitative estimate of drug-likeness (QED) is 0.295. The first kappa shape index (κ1) is 25.7. The number of amides is 2. The van der Waals surface area contributed by atoms with Crippen molar-refractivity contribution in [1.82, 2.24) is 29.8 Å². The number of hydrogen-bond acceptors (Lipinski definition) is 10. The molecular formula is C21H23N7O6S2. The molecule has 0 spiro atoms. The molecule has 190 valence electrons. The number of tetrazole rings is 1. The van der Waals surface area contributed by atoms with Gasteiger partial charge < -0.3 is 21.3 Å². The van der Waals surface area contributed by atoms with Crippen LogP contribution in [-0.2, 0) is 32.1 Å². The fourth-order valence-corrected chi connectivity index (χ4v) is 6.73. The summed E-state index contributed by atoms with van der Waals surface area (Å²) in [6.07, 6.45) is 1.14. The molecule has 15 heteroatoms. The highest BCUT2D eigenvalue weighted by molar-refractivity contribution is 8.01. The molecular weight excluding hydrogens is 510 g/mol. The third kappa shape index (κ3) is 4.44. The van der Waals surface area contributed by atoms with E-state index in [-0.39, 0.29) is 30.7 Å². The lowest BCUT2D eigenvalue weighted by Crippen LogP contribution is -2.71. The maximum Gasteiger partial charge on any atom is 0.352 e. The van der Waals surface area contributed by atoms with Crippen LogP contribution in [-0.4, -0.2) is 80.4 Å². The van der Waals surface area contributed by atoms with Crippen molar-refractivity contribution < 1.29 is 29.4 Å². The van der Waals surface area contributed by atoms with E-state index in [1.807, 2.05) is 12.1 Å². The maximum absolute atomic E-state index is 13.1. The predicted octanol–water partition coefficient (Wildman–Crippen LogP) is -0.157. The molecule has 0 aliphatic carbocycles. The van der Waals surface area contributed by atoms with Gasteiger partial charge in [0.1, 0.15) is 17.1 Å². The van der Waals surface area contributed by atoms with E-state index in [2.05, 4.69) is 20.7 Å². The SMILES string of the molecule is CCC(Sn1ncnn1)(C(=O)O)C1=C(C(=O)O)N2C(=O)C(NC(=O)Cc3ccccc3CN)[C@@H]2SC1. The minimum absolute atomic E-state index is 0.00533. The largest absolute Gasteiger partial charge is 0.480 e. The summed E-state index contributed by atoms with van der Waals surface area (Å²) >= 11 is 1.89. The van der Waals surface area contributed by atoms with Crippen molar-refractivity contribution in [2.24, 2.45) is 5.73 Å². The van der Waals surface area contributed by atoms with Crippen LogP contribution in [0.1, 0.15) is 24.5 Å². The number of fused-ring (bicyclic) bond motifs is 1. The van der Waals surface area contributed by atoms with Crippen LogP contribution in [0.25, 0.3) is 0 Å². The van der Waals surface area contributed by atoms with Gasteiger partial charge in [0, 0.05) is 29.8 Å². The molecule has 1 saturated heterocycles. The second kappa shape index (κ2) is 10.3. The van der Waals surface area contributed by atoms with Crippen LogP contribution >= 0.6 is 23.7 Å². The third-order valence-electron chi connectivity index (χ3n) is 6.08. The summed E-state index contributed by atoms with van der Waals surface area (Å²) in [5.41, 5.74) is 6.92. The Morgan fingerprint density at radius 2 is 2.00 bits per heavy atom. The summed E-state index contributed by atoms with van der Waals surface area (Å²) in [7, 11) is 0. The Hall–Kier alpha value is -3.43. The van der Waals surface area contributed by atoms with Crippen molar-refractivity contribution in [3.63, 3.8) is 0 Å². The average molecular weight is 534 g/mol. The van der Waals surface area contributed by atoms with Crippen LogP contribution in [0.5, 0.6) is 0 Å². The Bertz CT molecular complexity index is 1240. The van der Waals surface area contributed by atoms with E-state index in [1.54, 1.807) is 19.1 Å². The average Bonchev–Trinajstić information content (AvgIpc) is 3.38. The summed E-state index contributed by atoms with van der Waals surface area (Å²) in [4.78, 5) is 51.6. The van der Waals surface area contributed by atoms with Crippen molar-refractivity contribution in [2.75, 3.05) is 5.75 Å². The van der Waals surface area contributed by atoms with Crippen molar-refractivity contribution in [1.29, 1.82) is 0 Å². The Kier molecular flexibility index (Phi) is 7.33. The molecule has 3 atom stereocenters. The summed E-state index contributed by atoms with van der Waals surface area (Å²) in [5, 5.41) is 33.3. The van der Waals surface area contributed by atoms with Crippen LogP contribution in [0, 0.1) is 0 Å². The van der Waals surface area contributed by atoms with E-state index >= 15 is 0 Å². The number of carboxylic acids is 2. The molecule has 36 heavy (non-hydrogen) atoms. The number of thioether (sulfide) groups is 1. The van der Waals surface area contributed by atoms with Gasteiger partial charge in [-0.15, -0.1) is 26.2 Å². The number of rotatable bonds is 10. The predicted molar refractivity (Wildman–Crippen MR) is 129 cm³/mol. The molecule has 2 aliphatic rings. The molecule has 0 radical (unpaired) electrons. The number of aliphatic carboxylic acids is 2. The smallest absolute Gasteiger partial charge is 0.352 e. The number of nitrogens with zero attached hydrogens (tertiary/aromatic N) is 5. The van der Waals surface area contributed by atoms with Crippen LogP contribution in [0.3, 0.4) is 0 Å². The molecule has 2 aliphatic heterocycles. The topological polar surface area (TPSA) is 194 Å². The number of β-lactam (4-membered cyclic amide) rings is 1. The van der Waals surface area contributed by atoms with Gasteiger partial charge in [0.2, 0.25) is 5.91 Å². The van der Waals surface area contributed by atoms with Crippen LogP contribution in [0.4, 0.5) is 0 Å². The van der Waals surface area contributed by atoms with E-state index in [1.165, 1.54) is 11.8 Å². The maximum atomic E-state index is 13.1. The van der Waals surface area contributed by atoms with Gasteiger partial charge >= 0.3 is 11.9 Å². The molecule has 0 bridgehead atoms. The standard InChI is InChI=1S/C21H23N7O6S2/c1-2-21(20(33)34,36-28-24-10-23-26-28)13-9-35-18-15(17(30)27(18)16(13)19(31)32)25-14(29)7-11-5-3-4-6-12(11)8-22/h3-6,10,15,18H,2,7-9,22H2,1H3,(H,25,29)(H,31,32)(H,33,34)/t15?,18-,21?/m0/s1. The van der Waals surface area contributed by atoms with Gasteiger partial charge in [-0.2, -0.15) is 0 Å². The molecule has 2 aromatic rings. The number of carboxylic acid groups (broad SMARTS) is 2. The highest BCUT2D eigenvalue weighted by Crippen LogP contribution is 2.48.